The highest BCUT2D eigenvalue weighted by atomic mass is 16.4. The van der Waals surface area contributed by atoms with Crippen LogP contribution in [0.4, 0.5) is 0 Å². The number of hydrogen-bond donors (Lipinski definition) is 3. The lowest BCUT2D eigenvalue weighted by atomic mass is 10.1. The molecular formula is C8H14O4. The van der Waals surface area contributed by atoms with Crippen molar-refractivity contribution in [2.24, 2.45) is 0 Å². The molecule has 4 nitrogen and oxygen atoms in total. The van der Waals surface area contributed by atoms with Crippen LogP contribution < -0.4 is 0 Å². The summed E-state index contributed by atoms with van der Waals surface area (Å²) in [6, 6.07) is 0. The van der Waals surface area contributed by atoms with Gasteiger partial charge in [0.2, 0.25) is 0 Å². The molecule has 0 bridgehead atoms. The van der Waals surface area contributed by atoms with E-state index in [1.165, 1.54) is 0 Å². The van der Waals surface area contributed by atoms with Crippen LogP contribution in [0, 0.1) is 0 Å². The molecular weight excluding hydrogens is 160 g/mol. The van der Waals surface area contributed by atoms with Crippen LogP contribution in [0.25, 0.3) is 0 Å². The van der Waals surface area contributed by atoms with Gasteiger partial charge in [0.25, 0.3) is 0 Å². The van der Waals surface area contributed by atoms with Gasteiger partial charge in [-0.25, -0.2) is 4.79 Å². The van der Waals surface area contributed by atoms with Crippen LogP contribution in [0.15, 0.2) is 12.2 Å². The summed E-state index contributed by atoms with van der Waals surface area (Å²) in [7, 11) is 0. The monoisotopic (exact) mass is 174 g/mol. The van der Waals surface area contributed by atoms with Gasteiger partial charge in [-0.15, -0.1) is 0 Å². The lowest BCUT2D eigenvalue weighted by Gasteiger charge is -2.05. The van der Waals surface area contributed by atoms with Crippen molar-refractivity contribution in [3.63, 3.8) is 0 Å². The van der Waals surface area contributed by atoms with Crippen molar-refractivity contribution in [3.05, 3.63) is 12.2 Å². The van der Waals surface area contributed by atoms with E-state index >= 15 is 0 Å². The molecule has 0 spiro atoms. The molecule has 0 aromatic carbocycles. The molecule has 0 aromatic rings. The Kier molecular flexibility index (Phi) is 5.32. The van der Waals surface area contributed by atoms with E-state index in [0.29, 0.717) is 19.3 Å². The highest BCUT2D eigenvalue weighted by Gasteiger charge is 2.05. The fourth-order valence-electron chi connectivity index (χ4n) is 0.749. The van der Waals surface area contributed by atoms with E-state index in [1.54, 1.807) is 0 Å². The normalized spacial score (nSPS) is 12.5. The number of aliphatic carboxylic acids is 1. The first-order valence-electron chi connectivity index (χ1n) is 3.78. The van der Waals surface area contributed by atoms with Crippen LogP contribution in [0.5, 0.6) is 0 Å². The molecule has 1 atom stereocenters. The molecule has 4 heteroatoms. The molecule has 0 fully saturated rings. The van der Waals surface area contributed by atoms with E-state index in [9.17, 15) is 4.79 Å². The topological polar surface area (TPSA) is 77.8 Å². The van der Waals surface area contributed by atoms with Crippen molar-refractivity contribution >= 4 is 5.97 Å². The van der Waals surface area contributed by atoms with Gasteiger partial charge in [0.05, 0.1) is 12.7 Å². The van der Waals surface area contributed by atoms with E-state index in [2.05, 4.69) is 6.58 Å². The molecule has 0 radical (unpaired) electrons. The van der Waals surface area contributed by atoms with Crippen molar-refractivity contribution in [1.82, 2.24) is 0 Å². The van der Waals surface area contributed by atoms with Crippen LogP contribution in [-0.2, 0) is 4.79 Å². The summed E-state index contributed by atoms with van der Waals surface area (Å²) in [5.41, 5.74) is 0.139. The Morgan fingerprint density at radius 1 is 1.50 bits per heavy atom. The van der Waals surface area contributed by atoms with Crippen molar-refractivity contribution in [2.45, 2.75) is 25.4 Å². The summed E-state index contributed by atoms with van der Waals surface area (Å²) in [6.07, 6.45) is 0.550. The Labute approximate surface area is 71.1 Å². The summed E-state index contributed by atoms with van der Waals surface area (Å²) < 4.78 is 0. The quantitative estimate of drug-likeness (QED) is 0.501. The van der Waals surface area contributed by atoms with Gasteiger partial charge < -0.3 is 15.3 Å². The third-order valence-corrected chi connectivity index (χ3v) is 1.53. The predicted molar refractivity (Wildman–Crippen MR) is 43.7 cm³/mol. The molecule has 3 N–H and O–H groups in total. The average Bonchev–Trinajstić information content (AvgIpc) is 2.03. The molecule has 0 aromatic heterocycles. The SMILES string of the molecule is C=C(CCCC(O)CO)C(=O)O. The zero-order valence-electron chi connectivity index (χ0n) is 6.86. The second kappa shape index (κ2) is 5.74. The largest absolute Gasteiger partial charge is 0.478 e. The second-order valence-electron chi connectivity index (χ2n) is 2.64. The molecule has 0 saturated carbocycles. The molecule has 0 aliphatic rings. The Morgan fingerprint density at radius 3 is 2.50 bits per heavy atom. The standard InChI is InChI=1S/C8H14O4/c1-6(8(11)12)3-2-4-7(10)5-9/h7,9-10H,1-5H2,(H,11,12). The maximum Gasteiger partial charge on any atom is 0.330 e. The number of aliphatic hydroxyl groups excluding tert-OH is 2. The Hall–Kier alpha value is -0.870. The highest BCUT2D eigenvalue weighted by molar-refractivity contribution is 5.85. The summed E-state index contributed by atoms with van der Waals surface area (Å²) in [5, 5.41) is 25.7. The maximum absolute atomic E-state index is 10.2. The molecule has 0 aliphatic heterocycles. The zero-order chi connectivity index (χ0) is 9.56. The van der Waals surface area contributed by atoms with E-state index in [4.69, 9.17) is 15.3 Å². The third kappa shape index (κ3) is 4.87. The number of rotatable bonds is 6. The summed E-state index contributed by atoms with van der Waals surface area (Å²) in [5.74, 6) is -1.01. The molecule has 12 heavy (non-hydrogen) atoms. The van der Waals surface area contributed by atoms with Gasteiger partial charge in [-0.05, 0) is 19.3 Å². The Balaban J connectivity index is 3.44. The first kappa shape index (κ1) is 11.1. The summed E-state index contributed by atoms with van der Waals surface area (Å²) in [4.78, 5) is 10.2. The Morgan fingerprint density at radius 2 is 2.08 bits per heavy atom. The second-order valence-corrected chi connectivity index (χ2v) is 2.64. The van der Waals surface area contributed by atoms with Crippen molar-refractivity contribution < 1.29 is 20.1 Å². The first-order valence-corrected chi connectivity index (χ1v) is 3.78. The van der Waals surface area contributed by atoms with Crippen molar-refractivity contribution in [2.75, 3.05) is 6.61 Å². The smallest absolute Gasteiger partial charge is 0.330 e. The van der Waals surface area contributed by atoms with Crippen LogP contribution in [-0.4, -0.2) is 34.0 Å². The van der Waals surface area contributed by atoms with Gasteiger partial charge in [-0.2, -0.15) is 0 Å². The van der Waals surface area contributed by atoms with Gasteiger partial charge in [0.15, 0.2) is 0 Å². The van der Waals surface area contributed by atoms with Crippen LogP contribution in [0.3, 0.4) is 0 Å². The van der Waals surface area contributed by atoms with Gasteiger partial charge in [-0.3, -0.25) is 0 Å². The Bertz CT molecular complexity index is 164. The van der Waals surface area contributed by atoms with Crippen LogP contribution >= 0.6 is 0 Å². The fourth-order valence-corrected chi connectivity index (χ4v) is 0.749. The minimum atomic E-state index is -1.01. The van der Waals surface area contributed by atoms with Crippen molar-refractivity contribution in [1.29, 1.82) is 0 Å². The van der Waals surface area contributed by atoms with Crippen LogP contribution in [0.2, 0.25) is 0 Å². The molecule has 0 heterocycles. The lowest BCUT2D eigenvalue weighted by Crippen LogP contribution is -2.11. The predicted octanol–water partition coefficient (Wildman–Crippen LogP) is 0.151. The molecule has 0 aliphatic carbocycles. The maximum atomic E-state index is 10.2. The number of aliphatic hydroxyl groups is 2. The summed E-state index contributed by atoms with van der Waals surface area (Å²) >= 11 is 0. The van der Waals surface area contributed by atoms with E-state index in [-0.39, 0.29) is 12.2 Å². The average molecular weight is 174 g/mol. The lowest BCUT2D eigenvalue weighted by molar-refractivity contribution is -0.132. The molecule has 1 unspecified atom stereocenters. The van der Waals surface area contributed by atoms with Crippen molar-refractivity contribution in [3.8, 4) is 0 Å². The first-order chi connectivity index (χ1) is 5.57. The minimum Gasteiger partial charge on any atom is -0.478 e. The molecule has 70 valence electrons. The van der Waals surface area contributed by atoms with E-state index in [1.807, 2.05) is 0 Å². The van der Waals surface area contributed by atoms with E-state index in [0.717, 1.165) is 0 Å². The van der Waals surface area contributed by atoms with Crippen LogP contribution in [0.1, 0.15) is 19.3 Å². The van der Waals surface area contributed by atoms with Gasteiger partial charge in [0.1, 0.15) is 0 Å². The fraction of sp³-hybridized carbons (Fsp3) is 0.625. The summed E-state index contributed by atoms with van der Waals surface area (Å²) in [6.45, 7) is 3.05. The number of carboxylic acid groups (broad SMARTS) is 1. The van der Waals surface area contributed by atoms with Gasteiger partial charge in [0, 0.05) is 5.57 Å². The zero-order valence-corrected chi connectivity index (χ0v) is 6.86. The number of carboxylic acids is 1. The molecule has 0 saturated heterocycles. The molecule has 0 amide bonds. The van der Waals surface area contributed by atoms with Gasteiger partial charge >= 0.3 is 5.97 Å². The molecule has 0 rings (SSSR count). The number of hydrogen-bond acceptors (Lipinski definition) is 3. The minimum absolute atomic E-state index is 0.139. The van der Waals surface area contributed by atoms with E-state index < -0.39 is 12.1 Å². The highest BCUT2D eigenvalue weighted by Crippen LogP contribution is 2.07. The third-order valence-electron chi connectivity index (χ3n) is 1.53. The van der Waals surface area contributed by atoms with Gasteiger partial charge in [-0.1, -0.05) is 6.58 Å². The number of carbonyl (C=O) groups is 1.